The Bertz CT molecular complexity index is 453. The predicted octanol–water partition coefficient (Wildman–Crippen LogP) is -0.0463. The lowest BCUT2D eigenvalue weighted by Crippen LogP contribution is -2.42. The van der Waals surface area contributed by atoms with E-state index in [-0.39, 0.29) is 17.6 Å². The average Bonchev–Trinajstić information content (AvgIpc) is 2.41. The van der Waals surface area contributed by atoms with E-state index in [1.54, 1.807) is 0 Å². The van der Waals surface area contributed by atoms with Crippen LogP contribution in [0.3, 0.4) is 0 Å². The van der Waals surface area contributed by atoms with Gasteiger partial charge in [-0.1, -0.05) is 0 Å². The van der Waals surface area contributed by atoms with Gasteiger partial charge >= 0.3 is 5.97 Å². The molecule has 18 heavy (non-hydrogen) atoms. The zero-order valence-corrected chi connectivity index (χ0v) is 9.97. The molecule has 0 bridgehead atoms. The number of rotatable bonds is 3. The number of piperidine rings is 1. The molecule has 0 saturated carbocycles. The van der Waals surface area contributed by atoms with Crippen molar-refractivity contribution >= 4 is 17.7 Å². The predicted molar refractivity (Wildman–Crippen MR) is 63.0 cm³/mol. The van der Waals surface area contributed by atoms with Crippen molar-refractivity contribution in [1.82, 2.24) is 15.3 Å². The van der Waals surface area contributed by atoms with Crippen LogP contribution in [0.2, 0.25) is 0 Å². The Morgan fingerprint density at radius 2 is 2.39 bits per heavy atom. The molecule has 1 atom stereocenters. The van der Waals surface area contributed by atoms with Crippen molar-refractivity contribution in [2.24, 2.45) is 0 Å². The van der Waals surface area contributed by atoms with E-state index in [0.29, 0.717) is 18.8 Å². The van der Waals surface area contributed by atoms with Crippen molar-refractivity contribution in [1.29, 1.82) is 0 Å². The largest absolute Gasteiger partial charge is 0.464 e. The maximum Gasteiger partial charge on any atom is 0.358 e. The SMILES string of the molecule is COC(=O)c1cncc(NC2CCC(=O)NC2)n1. The zero-order chi connectivity index (χ0) is 13.0. The van der Waals surface area contributed by atoms with Gasteiger partial charge in [0.2, 0.25) is 5.91 Å². The second kappa shape index (κ2) is 5.44. The number of carbonyl (C=O) groups excluding carboxylic acids is 2. The van der Waals surface area contributed by atoms with Gasteiger partial charge in [0.05, 0.1) is 19.5 Å². The Hall–Kier alpha value is -2.18. The molecule has 1 unspecified atom stereocenters. The molecule has 7 nitrogen and oxygen atoms in total. The second-order valence-corrected chi connectivity index (χ2v) is 3.97. The molecule has 7 heteroatoms. The number of aromatic nitrogens is 2. The minimum Gasteiger partial charge on any atom is -0.464 e. The van der Waals surface area contributed by atoms with Crippen molar-refractivity contribution in [3.63, 3.8) is 0 Å². The first kappa shape index (κ1) is 12.3. The van der Waals surface area contributed by atoms with Gasteiger partial charge in [-0.15, -0.1) is 0 Å². The number of methoxy groups -OCH3 is 1. The Kier molecular flexibility index (Phi) is 3.71. The second-order valence-electron chi connectivity index (χ2n) is 3.97. The van der Waals surface area contributed by atoms with E-state index < -0.39 is 5.97 Å². The standard InChI is InChI=1S/C11H14N4O3/c1-18-11(17)8-5-12-6-9(15-8)14-7-2-3-10(16)13-4-7/h5-7H,2-4H2,1H3,(H,13,16)(H,14,15). The highest BCUT2D eigenvalue weighted by atomic mass is 16.5. The van der Waals surface area contributed by atoms with Crippen molar-refractivity contribution in [3.05, 3.63) is 18.1 Å². The lowest BCUT2D eigenvalue weighted by molar-refractivity contribution is -0.122. The molecule has 1 aliphatic rings. The smallest absolute Gasteiger partial charge is 0.358 e. The number of esters is 1. The fourth-order valence-corrected chi connectivity index (χ4v) is 1.70. The lowest BCUT2D eigenvalue weighted by Gasteiger charge is -2.23. The molecule has 1 aliphatic heterocycles. The van der Waals surface area contributed by atoms with Gasteiger partial charge in [-0.3, -0.25) is 9.78 Å². The minimum atomic E-state index is -0.525. The topological polar surface area (TPSA) is 93.2 Å². The van der Waals surface area contributed by atoms with Gasteiger partial charge in [0.1, 0.15) is 5.82 Å². The van der Waals surface area contributed by atoms with Crippen LogP contribution in [0.1, 0.15) is 23.3 Å². The summed E-state index contributed by atoms with van der Waals surface area (Å²) in [5.74, 6) is 0.0320. The van der Waals surface area contributed by atoms with Gasteiger partial charge < -0.3 is 15.4 Å². The summed E-state index contributed by atoms with van der Waals surface area (Å²) in [6.07, 6.45) is 4.10. The maximum atomic E-state index is 11.3. The number of anilines is 1. The van der Waals surface area contributed by atoms with Gasteiger partial charge in [0.25, 0.3) is 0 Å². The molecule has 96 valence electrons. The van der Waals surface area contributed by atoms with Gasteiger partial charge in [0.15, 0.2) is 5.69 Å². The minimum absolute atomic E-state index is 0.0578. The molecular weight excluding hydrogens is 236 g/mol. The Labute approximate surface area is 104 Å². The van der Waals surface area contributed by atoms with Crippen LogP contribution in [0.4, 0.5) is 5.82 Å². The van der Waals surface area contributed by atoms with E-state index in [4.69, 9.17) is 0 Å². The molecule has 1 saturated heterocycles. The lowest BCUT2D eigenvalue weighted by atomic mass is 10.1. The first-order chi connectivity index (χ1) is 8.69. The molecule has 1 amide bonds. The molecular formula is C11H14N4O3. The van der Waals surface area contributed by atoms with E-state index in [2.05, 4.69) is 25.3 Å². The number of hydrogen-bond donors (Lipinski definition) is 2. The van der Waals surface area contributed by atoms with Crippen LogP contribution in [0.15, 0.2) is 12.4 Å². The highest BCUT2D eigenvalue weighted by molar-refractivity contribution is 5.87. The van der Waals surface area contributed by atoms with Crippen LogP contribution in [0.5, 0.6) is 0 Å². The third-order valence-corrected chi connectivity index (χ3v) is 2.65. The van der Waals surface area contributed by atoms with Crippen LogP contribution in [0.25, 0.3) is 0 Å². The van der Waals surface area contributed by atoms with Crippen molar-refractivity contribution in [2.45, 2.75) is 18.9 Å². The normalized spacial score (nSPS) is 18.9. The number of nitrogens with one attached hydrogen (secondary N) is 2. The summed E-state index contributed by atoms with van der Waals surface area (Å²) in [6, 6.07) is 0.102. The summed E-state index contributed by atoms with van der Waals surface area (Å²) in [6.45, 7) is 0.545. The summed E-state index contributed by atoms with van der Waals surface area (Å²) in [7, 11) is 1.29. The van der Waals surface area contributed by atoms with Crippen molar-refractivity contribution in [2.75, 3.05) is 19.0 Å². The zero-order valence-electron chi connectivity index (χ0n) is 9.97. The molecule has 0 radical (unpaired) electrons. The van der Waals surface area contributed by atoms with Gasteiger partial charge in [-0.2, -0.15) is 0 Å². The molecule has 1 aromatic rings. The summed E-state index contributed by atoms with van der Waals surface area (Å²) < 4.78 is 4.57. The van der Waals surface area contributed by atoms with Crippen LogP contribution < -0.4 is 10.6 Å². The summed E-state index contributed by atoms with van der Waals surface area (Å²) in [4.78, 5) is 30.3. The van der Waals surface area contributed by atoms with Crippen LogP contribution in [0, 0.1) is 0 Å². The number of carbonyl (C=O) groups is 2. The van der Waals surface area contributed by atoms with Crippen LogP contribution in [-0.4, -0.2) is 41.5 Å². The van der Waals surface area contributed by atoms with Gasteiger partial charge in [0, 0.05) is 19.0 Å². The van der Waals surface area contributed by atoms with Crippen molar-refractivity contribution in [3.8, 4) is 0 Å². The number of hydrogen-bond acceptors (Lipinski definition) is 6. The molecule has 0 aromatic carbocycles. The maximum absolute atomic E-state index is 11.3. The number of ether oxygens (including phenoxy) is 1. The van der Waals surface area contributed by atoms with E-state index in [1.807, 2.05) is 0 Å². The summed E-state index contributed by atoms with van der Waals surface area (Å²) in [5.41, 5.74) is 0.155. The first-order valence-corrected chi connectivity index (χ1v) is 5.62. The highest BCUT2D eigenvalue weighted by Crippen LogP contribution is 2.10. The first-order valence-electron chi connectivity index (χ1n) is 5.62. The molecule has 1 fully saturated rings. The summed E-state index contributed by atoms with van der Waals surface area (Å²) in [5, 5.41) is 5.88. The molecule has 1 aromatic heterocycles. The monoisotopic (exact) mass is 250 g/mol. The van der Waals surface area contributed by atoms with Gasteiger partial charge in [-0.05, 0) is 6.42 Å². The Morgan fingerprint density at radius 3 is 3.06 bits per heavy atom. The Morgan fingerprint density at radius 1 is 1.56 bits per heavy atom. The van der Waals surface area contributed by atoms with Crippen molar-refractivity contribution < 1.29 is 14.3 Å². The number of nitrogens with zero attached hydrogens (tertiary/aromatic N) is 2. The quantitative estimate of drug-likeness (QED) is 0.731. The average molecular weight is 250 g/mol. The van der Waals surface area contributed by atoms with E-state index >= 15 is 0 Å². The molecule has 0 aliphatic carbocycles. The van der Waals surface area contributed by atoms with Crippen LogP contribution >= 0.6 is 0 Å². The summed E-state index contributed by atoms with van der Waals surface area (Å²) >= 11 is 0. The molecule has 2 N–H and O–H groups in total. The fourth-order valence-electron chi connectivity index (χ4n) is 1.70. The third kappa shape index (κ3) is 2.93. The Balaban J connectivity index is 2.01. The molecule has 2 heterocycles. The highest BCUT2D eigenvalue weighted by Gasteiger charge is 2.18. The van der Waals surface area contributed by atoms with Gasteiger partial charge in [-0.25, -0.2) is 9.78 Å². The third-order valence-electron chi connectivity index (χ3n) is 2.65. The van der Waals surface area contributed by atoms with Crippen LogP contribution in [-0.2, 0) is 9.53 Å². The van der Waals surface area contributed by atoms with E-state index in [9.17, 15) is 9.59 Å². The molecule has 0 spiro atoms. The van der Waals surface area contributed by atoms with E-state index in [0.717, 1.165) is 6.42 Å². The number of amides is 1. The fraction of sp³-hybridized carbons (Fsp3) is 0.455. The van der Waals surface area contributed by atoms with E-state index in [1.165, 1.54) is 19.5 Å². The molecule has 2 rings (SSSR count).